The third-order valence-corrected chi connectivity index (χ3v) is 3.09. The summed E-state index contributed by atoms with van der Waals surface area (Å²) in [6, 6.07) is 0. The first-order chi connectivity index (χ1) is 5.04. The third kappa shape index (κ3) is 4.69. The second kappa shape index (κ2) is 5.04. The fourth-order valence-electron chi connectivity index (χ4n) is 0.314. The first-order valence-corrected chi connectivity index (χ1v) is 5.59. The van der Waals surface area contributed by atoms with Crippen molar-refractivity contribution in [2.75, 3.05) is 20.6 Å². The highest BCUT2D eigenvalue weighted by Gasteiger charge is 2.21. The van der Waals surface area contributed by atoms with Crippen LogP contribution in [-0.4, -0.2) is 25.5 Å². The number of hydrogen-bond acceptors (Lipinski definition) is 5. The SMILES string of the molecule is COP(=O)(CO[PH](=O)O)OC. The Morgan fingerprint density at radius 2 is 1.91 bits per heavy atom. The molecule has 0 saturated carbocycles. The van der Waals surface area contributed by atoms with E-state index in [-0.39, 0.29) is 0 Å². The molecule has 0 aliphatic carbocycles. The molecule has 0 spiro atoms. The van der Waals surface area contributed by atoms with E-state index < -0.39 is 22.2 Å². The highest BCUT2D eigenvalue weighted by Crippen LogP contribution is 2.47. The average Bonchev–Trinajstić information content (AvgIpc) is 2.00. The molecule has 1 atom stereocenters. The van der Waals surface area contributed by atoms with E-state index in [1.807, 2.05) is 0 Å². The van der Waals surface area contributed by atoms with E-state index in [9.17, 15) is 9.13 Å². The Bertz CT molecular complexity index is 171. The van der Waals surface area contributed by atoms with Gasteiger partial charge in [0.2, 0.25) is 0 Å². The van der Waals surface area contributed by atoms with Gasteiger partial charge in [0, 0.05) is 14.2 Å². The smallest absolute Gasteiger partial charge is 0.326 e. The van der Waals surface area contributed by atoms with Gasteiger partial charge in [0.15, 0.2) is 6.35 Å². The molecule has 0 heterocycles. The van der Waals surface area contributed by atoms with Crippen LogP contribution in [0, 0.1) is 0 Å². The summed E-state index contributed by atoms with van der Waals surface area (Å²) in [5.41, 5.74) is 0. The van der Waals surface area contributed by atoms with Crippen LogP contribution in [0.1, 0.15) is 0 Å². The molecule has 0 saturated heterocycles. The van der Waals surface area contributed by atoms with Crippen LogP contribution in [0.3, 0.4) is 0 Å². The largest absolute Gasteiger partial charge is 0.356 e. The Labute approximate surface area is 64.9 Å². The molecule has 0 aromatic heterocycles. The van der Waals surface area contributed by atoms with Crippen molar-refractivity contribution < 1.29 is 27.6 Å². The van der Waals surface area contributed by atoms with Gasteiger partial charge in [0.1, 0.15) is 0 Å². The van der Waals surface area contributed by atoms with Crippen molar-refractivity contribution in [3.05, 3.63) is 0 Å². The Morgan fingerprint density at radius 3 is 2.18 bits per heavy atom. The van der Waals surface area contributed by atoms with E-state index in [1.165, 1.54) is 14.2 Å². The minimum Gasteiger partial charge on any atom is -0.326 e. The number of rotatable bonds is 5. The van der Waals surface area contributed by atoms with Crippen molar-refractivity contribution in [2.45, 2.75) is 0 Å². The molecule has 0 aromatic rings. The van der Waals surface area contributed by atoms with Gasteiger partial charge in [-0.25, -0.2) is 0 Å². The predicted molar refractivity (Wildman–Crippen MR) is 38.8 cm³/mol. The van der Waals surface area contributed by atoms with Crippen LogP contribution in [0.15, 0.2) is 0 Å². The summed E-state index contributed by atoms with van der Waals surface area (Å²) in [4.78, 5) is 8.20. The van der Waals surface area contributed by atoms with Crippen LogP contribution in [-0.2, 0) is 22.7 Å². The van der Waals surface area contributed by atoms with Crippen LogP contribution in [0.4, 0.5) is 0 Å². The van der Waals surface area contributed by atoms with Gasteiger partial charge in [-0.15, -0.1) is 0 Å². The predicted octanol–water partition coefficient (Wildman–Crippen LogP) is 0.828. The molecule has 8 heteroatoms. The van der Waals surface area contributed by atoms with Gasteiger partial charge in [-0.05, 0) is 0 Å². The van der Waals surface area contributed by atoms with Gasteiger partial charge in [-0.1, -0.05) is 0 Å². The van der Waals surface area contributed by atoms with Gasteiger partial charge in [0.25, 0.3) is 0 Å². The van der Waals surface area contributed by atoms with E-state index in [0.717, 1.165) is 0 Å². The van der Waals surface area contributed by atoms with Crippen molar-refractivity contribution in [2.24, 2.45) is 0 Å². The summed E-state index contributed by atoms with van der Waals surface area (Å²) < 4.78 is 34.1. The Morgan fingerprint density at radius 1 is 1.45 bits per heavy atom. The maximum absolute atomic E-state index is 11.1. The van der Waals surface area contributed by atoms with Gasteiger partial charge in [-0.3, -0.25) is 13.7 Å². The average molecular weight is 204 g/mol. The molecule has 0 radical (unpaired) electrons. The van der Waals surface area contributed by atoms with E-state index >= 15 is 0 Å². The topological polar surface area (TPSA) is 82.1 Å². The minimum absolute atomic E-state index is 0.506. The molecular weight excluding hydrogens is 194 g/mol. The summed E-state index contributed by atoms with van der Waals surface area (Å²) in [7, 11) is -4.02. The van der Waals surface area contributed by atoms with Crippen LogP contribution in [0.2, 0.25) is 0 Å². The standard InChI is InChI=1S/C3H10O6P2/c1-7-11(6,8-2)3-9-10(4)5/h10H,3H2,1-2H3,(H,4,5). The molecule has 68 valence electrons. The van der Waals surface area contributed by atoms with E-state index in [1.54, 1.807) is 0 Å². The second-order valence-corrected chi connectivity index (χ2v) is 4.55. The fraction of sp³-hybridized carbons (Fsp3) is 1.00. The lowest BCUT2D eigenvalue weighted by Crippen LogP contribution is -1.94. The Hall–Kier alpha value is 0.300. The quantitative estimate of drug-likeness (QED) is 0.667. The molecule has 0 aliphatic heterocycles. The van der Waals surface area contributed by atoms with Crippen molar-refractivity contribution in [3.63, 3.8) is 0 Å². The molecule has 11 heavy (non-hydrogen) atoms. The zero-order valence-electron chi connectivity index (χ0n) is 6.14. The lowest BCUT2D eigenvalue weighted by atomic mass is 11.7. The molecule has 1 N–H and O–H groups in total. The minimum atomic E-state index is -3.29. The second-order valence-electron chi connectivity index (χ2n) is 1.52. The molecular formula is C3H10O6P2. The van der Waals surface area contributed by atoms with Crippen LogP contribution >= 0.6 is 15.9 Å². The summed E-state index contributed by atoms with van der Waals surface area (Å²) in [5.74, 6) is 0. The van der Waals surface area contributed by atoms with E-state index in [4.69, 9.17) is 4.89 Å². The lowest BCUT2D eigenvalue weighted by Gasteiger charge is -2.11. The maximum Gasteiger partial charge on any atom is 0.356 e. The fourth-order valence-corrected chi connectivity index (χ4v) is 1.75. The van der Waals surface area contributed by atoms with E-state index in [0.29, 0.717) is 0 Å². The lowest BCUT2D eigenvalue weighted by molar-refractivity contribution is 0.233. The molecule has 0 rings (SSSR count). The molecule has 0 amide bonds. The Balaban J connectivity index is 3.89. The summed E-state index contributed by atoms with van der Waals surface area (Å²) >= 11 is 0. The highest BCUT2D eigenvalue weighted by molar-refractivity contribution is 7.54. The zero-order chi connectivity index (χ0) is 8.91. The third-order valence-electron chi connectivity index (χ3n) is 0.902. The van der Waals surface area contributed by atoms with E-state index in [2.05, 4.69) is 13.6 Å². The first-order valence-electron chi connectivity index (χ1n) is 2.60. The zero-order valence-corrected chi connectivity index (χ0v) is 8.04. The Kier molecular flexibility index (Phi) is 5.17. The van der Waals surface area contributed by atoms with Gasteiger partial charge < -0.3 is 13.9 Å². The summed E-state index contributed by atoms with van der Waals surface area (Å²) in [5, 5.41) is 0. The summed E-state index contributed by atoms with van der Waals surface area (Å²) in [6.07, 6.45) is -0.506. The first kappa shape index (κ1) is 11.3. The van der Waals surface area contributed by atoms with Gasteiger partial charge in [0.05, 0.1) is 0 Å². The molecule has 0 aromatic carbocycles. The van der Waals surface area contributed by atoms with Crippen LogP contribution in [0.25, 0.3) is 0 Å². The summed E-state index contributed by atoms with van der Waals surface area (Å²) in [6.45, 7) is 0. The van der Waals surface area contributed by atoms with Crippen molar-refractivity contribution in [1.29, 1.82) is 0 Å². The maximum atomic E-state index is 11.1. The van der Waals surface area contributed by atoms with Crippen LogP contribution in [0.5, 0.6) is 0 Å². The van der Waals surface area contributed by atoms with Crippen LogP contribution < -0.4 is 0 Å². The monoisotopic (exact) mass is 204 g/mol. The number of hydrogen-bond donors (Lipinski definition) is 1. The van der Waals surface area contributed by atoms with Gasteiger partial charge >= 0.3 is 15.9 Å². The molecule has 0 bridgehead atoms. The van der Waals surface area contributed by atoms with Gasteiger partial charge in [-0.2, -0.15) is 0 Å². The van der Waals surface area contributed by atoms with Crippen molar-refractivity contribution in [3.8, 4) is 0 Å². The normalized spacial score (nSPS) is 14.8. The van der Waals surface area contributed by atoms with Crippen molar-refractivity contribution in [1.82, 2.24) is 0 Å². The molecule has 0 fully saturated rings. The molecule has 1 unspecified atom stereocenters. The van der Waals surface area contributed by atoms with Crippen molar-refractivity contribution >= 4 is 15.9 Å². The molecule has 0 aliphatic rings. The highest BCUT2D eigenvalue weighted by atomic mass is 31.2. The molecule has 6 nitrogen and oxygen atoms in total.